The second kappa shape index (κ2) is 7.95. The highest BCUT2D eigenvalue weighted by Gasteiger charge is 2.17. The Bertz CT molecular complexity index is 730. The Hall–Kier alpha value is -1.37. The predicted molar refractivity (Wildman–Crippen MR) is 102 cm³/mol. The molecule has 2 rings (SSSR count). The van der Waals surface area contributed by atoms with Crippen LogP contribution in [0, 0.1) is 0 Å². The molecule has 1 aromatic carbocycles. The van der Waals surface area contributed by atoms with Gasteiger partial charge in [-0.3, -0.25) is 0 Å². The van der Waals surface area contributed by atoms with Crippen molar-refractivity contribution in [2.45, 2.75) is 32.7 Å². The van der Waals surface area contributed by atoms with Crippen molar-refractivity contribution in [2.75, 3.05) is 12.4 Å². The molecule has 1 atom stereocenters. The number of rotatable bonds is 5. The average molecular weight is 371 g/mol. The summed E-state index contributed by atoms with van der Waals surface area (Å²) >= 11 is 12.9. The third kappa shape index (κ3) is 4.34. The zero-order chi connectivity index (χ0) is 17.0. The van der Waals surface area contributed by atoms with Crippen molar-refractivity contribution in [1.82, 2.24) is 5.32 Å². The zero-order valence-corrected chi connectivity index (χ0v) is 15.6. The number of nitrogens with one attached hydrogen (secondary N) is 2. The van der Waals surface area contributed by atoms with Crippen molar-refractivity contribution in [1.29, 1.82) is 0 Å². The van der Waals surface area contributed by atoms with Gasteiger partial charge in [0.25, 0.3) is 0 Å². The number of halogens is 1. The first-order valence-electron chi connectivity index (χ1n) is 7.34. The molecule has 0 bridgehead atoms. The summed E-state index contributed by atoms with van der Waals surface area (Å²) in [6.07, 6.45) is 2.16. The lowest BCUT2D eigenvalue weighted by atomic mass is 10.2. The first-order valence-corrected chi connectivity index (χ1v) is 8.94. The van der Waals surface area contributed by atoms with Crippen LogP contribution in [0.15, 0.2) is 18.2 Å². The van der Waals surface area contributed by atoms with Gasteiger partial charge in [0.05, 0.1) is 12.1 Å². The van der Waals surface area contributed by atoms with Crippen LogP contribution >= 0.6 is 35.2 Å². The number of methoxy groups -OCH3 is 1. The summed E-state index contributed by atoms with van der Waals surface area (Å²) in [5, 5.41) is 8.26. The molecule has 0 aliphatic rings. The smallest absolute Gasteiger partial charge is 0.349 e. The normalized spacial score (nSPS) is 12.0. The van der Waals surface area contributed by atoms with Crippen molar-refractivity contribution in [2.24, 2.45) is 0 Å². The largest absolute Gasteiger partial charge is 0.465 e. The van der Waals surface area contributed by atoms with E-state index in [-0.39, 0.29) is 0 Å². The Morgan fingerprint density at radius 2 is 2.22 bits per heavy atom. The predicted octanol–water partition coefficient (Wildman–Crippen LogP) is 4.82. The number of carbonyl (C=O) groups excluding carboxylic acids is 1. The topological polar surface area (TPSA) is 50.4 Å². The molecule has 23 heavy (non-hydrogen) atoms. The third-order valence-electron chi connectivity index (χ3n) is 3.36. The van der Waals surface area contributed by atoms with Crippen molar-refractivity contribution >= 4 is 62.0 Å². The van der Waals surface area contributed by atoms with Gasteiger partial charge in [0.2, 0.25) is 0 Å². The fraction of sp³-hybridized carbons (Fsp3) is 0.375. The number of esters is 1. The van der Waals surface area contributed by atoms with Gasteiger partial charge in [0.15, 0.2) is 5.11 Å². The summed E-state index contributed by atoms with van der Waals surface area (Å²) in [7, 11) is 1.34. The van der Waals surface area contributed by atoms with Gasteiger partial charge in [0.1, 0.15) is 4.88 Å². The van der Waals surface area contributed by atoms with Crippen LogP contribution in [0.1, 0.15) is 36.4 Å². The summed E-state index contributed by atoms with van der Waals surface area (Å²) in [6, 6.07) is 6.02. The van der Waals surface area contributed by atoms with Crippen LogP contribution in [0.4, 0.5) is 5.69 Å². The Kier molecular flexibility index (Phi) is 6.21. The lowest BCUT2D eigenvalue weighted by Crippen LogP contribution is -2.35. The maximum atomic E-state index is 11.7. The van der Waals surface area contributed by atoms with E-state index in [2.05, 4.69) is 24.5 Å². The summed E-state index contributed by atoms with van der Waals surface area (Å²) in [6.45, 7) is 4.24. The van der Waals surface area contributed by atoms with Gasteiger partial charge in [-0.25, -0.2) is 4.79 Å². The standard InChI is InChI=1S/C16H19ClN2O2S2/c1-4-5-9(2)18-16(22)19-10-6-7-11-12(8-10)23-14(13(11)17)15(20)21-3/h6-9H,4-5H2,1-3H3,(H2,18,19,22). The second-order valence-corrected chi connectivity index (χ2v) is 7.07. The van der Waals surface area contributed by atoms with Crippen LogP contribution in [-0.2, 0) is 4.74 Å². The minimum Gasteiger partial charge on any atom is -0.465 e. The Morgan fingerprint density at radius 1 is 1.48 bits per heavy atom. The Morgan fingerprint density at radius 3 is 2.87 bits per heavy atom. The quantitative estimate of drug-likeness (QED) is 0.584. The molecule has 4 nitrogen and oxygen atoms in total. The molecule has 1 heterocycles. The molecule has 0 radical (unpaired) electrons. The Balaban J connectivity index is 2.17. The number of hydrogen-bond acceptors (Lipinski definition) is 4. The fourth-order valence-corrected chi connectivity index (χ4v) is 4.05. The van der Waals surface area contributed by atoms with E-state index in [1.165, 1.54) is 18.4 Å². The van der Waals surface area contributed by atoms with E-state index in [4.69, 9.17) is 28.6 Å². The van der Waals surface area contributed by atoms with E-state index in [0.717, 1.165) is 28.6 Å². The minimum atomic E-state index is -0.420. The lowest BCUT2D eigenvalue weighted by Gasteiger charge is -2.16. The third-order valence-corrected chi connectivity index (χ3v) is 5.21. The molecule has 2 aromatic rings. The molecule has 1 unspecified atom stereocenters. The van der Waals surface area contributed by atoms with Gasteiger partial charge in [-0.05, 0) is 43.8 Å². The summed E-state index contributed by atoms with van der Waals surface area (Å²) < 4.78 is 5.66. The van der Waals surface area contributed by atoms with Crippen molar-refractivity contribution in [3.8, 4) is 0 Å². The number of thiocarbonyl (C=S) groups is 1. The van der Waals surface area contributed by atoms with Crippen LogP contribution < -0.4 is 10.6 Å². The number of benzene rings is 1. The molecule has 0 saturated carbocycles. The highest BCUT2D eigenvalue weighted by Crippen LogP contribution is 2.37. The van der Waals surface area contributed by atoms with E-state index in [9.17, 15) is 4.79 Å². The van der Waals surface area contributed by atoms with E-state index < -0.39 is 5.97 Å². The number of hydrogen-bond donors (Lipinski definition) is 2. The van der Waals surface area contributed by atoms with Gasteiger partial charge < -0.3 is 15.4 Å². The molecule has 0 saturated heterocycles. The van der Waals surface area contributed by atoms with Gasteiger partial charge in [-0.1, -0.05) is 24.9 Å². The number of carbonyl (C=O) groups is 1. The van der Waals surface area contributed by atoms with Gasteiger partial charge in [-0.15, -0.1) is 11.3 Å². The second-order valence-electron chi connectivity index (χ2n) is 5.24. The van der Waals surface area contributed by atoms with Crippen LogP contribution in [0.5, 0.6) is 0 Å². The monoisotopic (exact) mass is 370 g/mol. The van der Waals surface area contributed by atoms with Crippen LogP contribution in [0.25, 0.3) is 10.1 Å². The van der Waals surface area contributed by atoms with E-state index >= 15 is 0 Å². The number of ether oxygens (including phenoxy) is 1. The zero-order valence-electron chi connectivity index (χ0n) is 13.2. The lowest BCUT2D eigenvalue weighted by molar-refractivity contribution is 0.0606. The number of anilines is 1. The summed E-state index contributed by atoms with van der Waals surface area (Å²) in [5.41, 5.74) is 0.855. The van der Waals surface area contributed by atoms with Crippen molar-refractivity contribution in [3.05, 3.63) is 28.1 Å². The fourth-order valence-electron chi connectivity index (χ4n) is 2.26. The highest BCUT2D eigenvalue weighted by molar-refractivity contribution is 7.80. The van der Waals surface area contributed by atoms with E-state index in [1.807, 2.05) is 18.2 Å². The van der Waals surface area contributed by atoms with Gasteiger partial charge in [0, 0.05) is 21.8 Å². The van der Waals surface area contributed by atoms with E-state index in [0.29, 0.717) is 21.1 Å². The first kappa shape index (κ1) is 18.0. The molecule has 0 fully saturated rings. The molecule has 0 aliphatic carbocycles. The van der Waals surface area contributed by atoms with Crippen molar-refractivity contribution in [3.63, 3.8) is 0 Å². The molecule has 124 valence electrons. The molecule has 1 aromatic heterocycles. The first-order chi connectivity index (χ1) is 11.0. The summed E-state index contributed by atoms with van der Waals surface area (Å²) in [4.78, 5) is 12.1. The maximum absolute atomic E-state index is 11.7. The van der Waals surface area contributed by atoms with E-state index in [1.54, 1.807) is 0 Å². The Labute approximate surface area is 150 Å². The molecule has 0 amide bonds. The van der Waals surface area contributed by atoms with Crippen LogP contribution in [0.3, 0.4) is 0 Å². The van der Waals surface area contributed by atoms with Gasteiger partial charge in [-0.2, -0.15) is 0 Å². The average Bonchev–Trinajstić information content (AvgIpc) is 2.83. The molecular formula is C16H19ClN2O2S2. The molecule has 0 spiro atoms. The molecule has 2 N–H and O–H groups in total. The number of fused-ring (bicyclic) bond motifs is 1. The maximum Gasteiger partial charge on any atom is 0.349 e. The van der Waals surface area contributed by atoms with Crippen LogP contribution in [0.2, 0.25) is 5.02 Å². The molecule has 0 aliphatic heterocycles. The number of thiophene rings is 1. The van der Waals surface area contributed by atoms with Crippen molar-refractivity contribution < 1.29 is 9.53 Å². The summed E-state index contributed by atoms with van der Waals surface area (Å²) in [5.74, 6) is -0.420. The molecular weight excluding hydrogens is 352 g/mol. The minimum absolute atomic E-state index is 0.325. The highest BCUT2D eigenvalue weighted by atomic mass is 35.5. The molecule has 7 heteroatoms. The van der Waals surface area contributed by atoms with Crippen LogP contribution in [-0.4, -0.2) is 24.2 Å². The van der Waals surface area contributed by atoms with Gasteiger partial charge >= 0.3 is 5.97 Å². The SMILES string of the molecule is CCCC(C)NC(=S)Nc1ccc2c(Cl)c(C(=O)OC)sc2c1.